The number of hydrogen-bond acceptors (Lipinski definition) is 4. The van der Waals surface area contributed by atoms with Gasteiger partial charge in [-0.25, -0.2) is 4.68 Å². The normalized spacial score (nSPS) is 12.7. The molecule has 3 N–H and O–H groups in total. The van der Waals surface area contributed by atoms with Gasteiger partial charge in [-0.1, -0.05) is 31.5 Å². The third-order valence-corrected chi connectivity index (χ3v) is 4.26. The van der Waals surface area contributed by atoms with Crippen molar-refractivity contribution in [2.75, 3.05) is 5.32 Å². The number of nitrogens with zero attached hydrogens (tertiary/aromatic N) is 2. The van der Waals surface area contributed by atoms with Crippen molar-refractivity contribution < 1.29 is 14.7 Å². The number of aliphatic carboxylic acids is 1. The fourth-order valence-electron chi connectivity index (χ4n) is 2.82. The summed E-state index contributed by atoms with van der Waals surface area (Å²) in [5, 5.41) is 19.5. The number of benzene rings is 1. The molecule has 0 saturated heterocycles. The quantitative estimate of drug-likeness (QED) is 0.639. The average molecular weight is 395 g/mol. The molecule has 27 heavy (non-hydrogen) atoms. The lowest BCUT2D eigenvalue weighted by molar-refractivity contribution is -0.140. The molecule has 1 aromatic carbocycles. The van der Waals surface area contributed by atoms with E-state index >= 15 is 0 Å². The van der Waals surface area contributed by atoms with E-state index in [-0.39, 0.29) is 18.3 Å². The molecule has 2 unspecified atom stereocenters. The largest absolute Gasteiger partial charge is 0.480 e. The lowest BCUT2D eigenvalue weighted by Gasteiger charge is -2.19. The van der Waals surface area contributed by atoms with E-state index in [2.05, 4.69) is 15.7 Å². The van der Waals surface area contributed by atoms with Gasteiger partial charge in [0.05, 0.1) is 28.8 Å². The molecule has 0 aliphatic rings. The topological polar surface area (TPSA) is 96.3 Å². The monoisotopic (exact) mass is 394 g/mol. The smallest absolute Gasteiger partial charge is 0.320 e. The molecule has 1 aromatic heterocycles. The third kappa shape index (κ3) is 5.55. The maximum absolute atomic E-state index is 12.5. The summed E-state index contributed by atoms with van der Waals surface area (Å²) in [5.74, 6) is -1.23. The predicted octanol–water partition coefficient (Wildman–Crippen LogP) is 3.08. The first kappa shape index (κ1) is 22.7. The molecular weight excluding hydrogens is 368 g/mol. The molecule has 0 fully saturated rings. The number of halogens is 1. The number of carbonyl (C=O) groups excluding carboxylic acids is 1. The molecule has 7 nitrogen and oxygen atoms in total. The van der Waals surface area contributed by atoms with E-state index in [1.807, 2.05) is 51.1 Å². The Balaban J connectivity index is 0.00000364. The second-order valence-corrected chi connectivity index (χ2v) is 6.35. The maximum atomic E-state index is 12.5. The van der Waals surface area contributed by atoms with Crippen LogP contribution in [0, 0.1) is 13.8 Å². The summed E-state index contributed by atoms with van der Waals surface area (Å²) in [7, 11) is 0. The highest BCUT2D eigenvalue weighted by atomic mass is 35.5. The second kappa shape index (κ2) is 10.1. The number of amides is 1. The Morgan fingerprint density at radius 2 is 1.85 bits per heavy atom. The Morgan fingerprint density at radius 3 is 2.41 bits per heavy atom. The van der Waals surface area contributed by atoms with E-state index in [9.17, 15) is 14.7 Å². The molecular formula is C19H27ClN4O3. The fraction of sp³-hybridized carbons (Fsp3) is 0.421. The Hall–Kier alpha value is -2.38. The van der Waals surface area contributed by atoms with Crippen LogP contribution in [0.15, 0.2) is 30.3 Å². The van der Waals surface area contributed by atoms with Crippen LogP contribution in [-0.2, 0) is 9.59 Å². The number of nitrogens with one attached hydrogen (secondary N) is 2. The standard InChI is InChI=1S/C19H26N4O3.ClH/c1-5-9-16(19(25)26)20-13(3)18(24)21-17-12(2)22-23(14(17)4)15-10-7-6-8-11-15;/h6-8,10-11,13,16,20H,5,9H2,1-4H3,(H,21,24)(H,25,26);1H. The molecule has 0 aliphatic carbocycles. The van der Waals surface area contributed by atoms with Crippen molar-refractivity contribution in [3.63, 3.8) is 0 Å². The van der Waals surface area contributed by atoms with Gasteiger partial charge in [-0.15, -0.1) is 12.4 Å². The summed E-state index contributed by atoms with van der Waals surface area (Å²) in [5.41, 5.74) is 3.08. The van der Waals surface area contributed by atoms with E-state index in [0.717, 1.165) is 17.8 Å². The Bertz CT molecular complexity index is 777. The van der Waals surface area contributed by atoms with Gasteiger partial charge < -0.3 is 10.4 Å². The molecule has 0 radical (unpaired) electrons. The summed E-state index contributed by atoms with van der Waals surface area (Å²) < 4.78 is 1.78. The maximum Gasteiger partial charge on any atom is 0.320 e. The molecule has 148 valence electrons. The van der Waals surface area contributed by atoms with Crippen LogP contribution >= 0.6 is 12.4 Å². The highest BCUT2D eigenvalue weighted by molar-refractivity contribution is 5.96. The van der Waals surface area contributed by atoms with Crippen molar-refractivity contribution >= 4 is 30.0 Å². The van der Waals surface area contributed by atoms with Gasteiger partial charge in [0.1, 0.15) is 6.04 Å². The van der Waals surface area contributed by atoms with Crippen molar-refractivity contribution in [1.29, 1.82) is 0 Å². The lowest BCUT2D eigenvalue weighted by atomic mass is 10.1. The summed E-state index contributed by atoms with van der Waals surface area (Å²) >= 11 is 0. The molecule has 2 atom stereocenters. The van der Waals surface area contributed by atoms with Gasteiger partial charge in [-0.2, -0.15) is 5.10 Å². The van der Waals surface area contributed by atoms with Crippen LogP contribution in [0.1, 0.15) is 38.1 Å². The summed E-state index contributed by atoms with van der Waals surface area (Å²) in [6, 6.07) is 8.29. The number of rotatable bonds is 8. The first-order chi connectivity index (χ1) is 12.3. The van der Waals surface area contributed by atoms with Gasteiger partial charge in [0.2, 0.25) is 5.91 Å². The highest BCUT2D eigenvalue weighted by Crippen LogP contribution is 2.22. The predicted molar refractivity (Wildman–Crippen MR) is 108 cm³/mol. The van der Waals surface area contributed by atoms with Crippen molar-refractivity contribution in [2.45, 2.75) is 52.6 Å². The molecule has 0 spiro atoms. The zero-order valence-electron chi connectivity index (χ0n) is 16.0. The number of aromatic nitrogens is 2. The summed E-state index contributed by atoms with van der Waals surface area (Å²) in [6.45, 7) is 7.29. The SMILES string of the molecule is CCCC(NC(C)C(=O)Nc1c(C)nn(-c2ccccc2)c1C)C(=O)O.Cl. The van der Waals surface area contributed by atoms with Crippen LogP contribution < -0.4 is 10.6 Å². The molecule has 8 heteroatoms. The summed E-state index contributed by atoms with van der Waals surface area (Å²) in [6.07, 6.45) is 1.19. The van der Waals surface area contributed by atoms with Gasteiger partial charge in [0, 0.05) is 0 Å². The van der Waals surface area contributed by atoms with Crippen molar-refractivity contribution in [3.05, 3.63) is 41.7 Å². The number of anilines is 1. The van der Waals surface area contributed by atoms with Crippen LogP contribution in [0.3, 0.4) is 0 Å². The lowest BCUT2D eigenvalue weighted by Crippen LogP contribution is -2.47. The van der Waals surface area contributed by atoms with Crippen LogP contribution in [0.25, 0.3) is 5.69 Å². The second-order valence-electron chi connectivity index (χ2n) is 6.35. The minimum atomic E-state index is -0.948. The zero-order chi connectivity index (χ0) is 19.3. The van der Waals surface area contributed by atoms with E-state index in [4.69, 9.17) is 0 Å². The Kier molecular flexibility index (Phi) is 8.46. The van der Waals surface area contributed by atoms with E-state index in [1.165, 1.54) is 0 Å². The fourth-order valence-corrected chi connectivity index (χ4v) is 2.82. The van der Waals surface area contributed by atoms with Gasteiger partial charge in [-0.3, -0.25) is 14.9 Å². The number of carboxylic acids is 1. The first-order valence-corrected chi connectivity index (χ1v) is 8.76. The molecule has 2 aromatic rings. The van der Waals surface area contributed by atoms with E-state index < -0.39 is 18.1 Å². The van der Waals surface area contributed by atoms with E-state index in [1.54, 1.807) is 11.6 Å². The van der Waals surface area contributed by atoms with Crippen LogP contribution in [0.5, 0.6) is 0 Å². The van der Waals surface area contributed by atoms with Crippen LogP contribution in [-0.4, -0.2) is 38.8 Å². The van der Waals surface area contributed by atoms with Gasteiger partial charge in [0.15, 0.2) is 0 Å². The molecule has 0 saturated carbocycles. The molecule has 0 aliphatic heterocycles. The molecule has 0 bridgehead atoms. The van der Waals surface area contributed by atoms with Crippen molar-refractivity contribution in [1.82, 2.24) is 15.1 Å². The Morgan fingerprint density at radius 1 is 1.22 bits per heavy atom. The molecule has 1 heterocycles. The van der Waals surface area contributed by atoms with Crippen molar-refractivity contribution in [3.8, 4) is 5.69 Å². The summed E-state index contributed by atoms with van der Waals surface area (Å²) in [4.78, 5) is 23.8. The number of carboxylic acid groups (broad SMARTS) is 1. The van der Waals surface area contributed by atoms with E-state index in [0.29, 0.717) is 17.8 Å². The van der Waals surface area contributed by atoms with Crippen molar-refractivity contribution in [2.24, 2.45) is 0 Å². The van der Waals surface area contributed by atoms with Gasteiger partial charge in [0.25, 0.3) is 0 Å². The Labute approximate surface area is 165 Å². The highest BCUT2D eigenvalue weighted by Gasteiger charge is 2.24. The third-order valence-electron chi connectivity index (χ3n) is 4.26. The number of hydrogen-bond donors (Lipinski definition) is 3. The number of para-hydroxylation sites is 1. The minimum absolute atomic E-state index is 0. The first-order valence-electron chi connectivity index (χ1n) is 8.76. The average Bonchev–Trinajstić information content (AvgIpc) is 2.90. The minimum Gasteiger partial charge on any atom is -0.480 e. The van der Waals surface area contributed by atoms with Gasteiger partial charge in [-0.05, 0) is 39.3 Å². The molecule has 1 amide bonds. The van der Waals surface area contributed by atoms with Crippen LogP contribution in [0.4, 0.5) is 5.69 Å². The zero-order valence-corrected chi connectivity index (χ0v) is 16.8. The number of aryl methyl sites for hydroxylation is 1. The molecule has 2 rings (SSSR count). The van der Waals surface area contributed by atoms with Gasteiger partial charge >= 0.3 is 5.97 Å². The number of carbonyl (C=O) groups is 2. The van der Waals surface area contributed by atoms with Crippen LogP contribution in [0.2, 0.25) is 0 Å².